The Morgan fingerprint density at radius 2 is 2.05 bits per heavy atom. The Bertz CT molecular complexity index is 417. The van der Waals surface area contributed by atoms with Crippen LogP contribution < -0.4 is 11.1 Å². The van der Waals surface area contributed by atoms with Gasteiger partial charge in [-0.2, -0.15) is 16.9 Å². The molecular formula is C13H24N4OS. The van der Waals surface area contributed by atoms with E-state index in [1.807, 2.05) is 11.8 Å². The van der Waals surface area contributed by atoms with Crippen LogP contribution in [0.15, 0.2) is 0 Å². The van der Waals surface area contributed by atoms with Gasteiger partial charge in [0.2, 0.25) is 0 Å². The van der Waals surface area contributed by atoms with Crippen LogP contribution in [0.1, 0.15) is 41.9 Å². The van der Waals surface area contributed by atoms with E-state index in [4.69, 9.17) is 5.73 Å². The molecule has 0 saturated heterocycles. The zero-order valence-corrected chi connectivity index (χ0v) is 12.8. The van der Waals surface area contributed by atoms with Crippen molar-refractivity contribution in [1.29, 1.82) is 0 Å². The lowest BCUT2D eigenvalue weighted by atomic mass is 10.2. The van der Waals surface area contributed by atoms with Gasteiger partial charge in [-0.1, -0.05) is 12.8 Å². The SMILES string of the molecule is CSCCCCCCNC(=O)c1c(N)c(C)nn1C. The Labute approximate surface area is 119 Å². The molecule has 0 unspecified atom stereocenters. The predicted molar refractivity (Wildman–Crippen MR) is 81.5 cm³/mol. The highest BCUT2D eigenvalue weighted by molar-refractivity contribution is 7.98. The number of aromatic nitrogens is 2. The summed E-state index contributed by atoms with van der Waals surface area (Å²) in [6, 6.07) is 0. The molecule has 0 saturated carbocycles. The van der Waals surface area contributed by atoms with Gasteiger partial charge >= 0.3 is 0 Å². The highest BCUT2D eigenvalue weighted by Gasteiger charge is 2.16. The number of rotatable bonds is 8. The molecule has 0 aromatic carbocycles. The summed E-state index contributed by atoms with van der Waals surface area (Å²) in [5.74, 6) is 1.08. The summed E-state index contributed by atoms with van der Waals surface area (Å²) in [7, 11) is 1.74. The van der Waals surface area contributed by atoms with Crippen molar-refractivity contribution >= 4 is 23.4 Å². The predicted octanol–water partition coefficient (Wildman–Crippen LogP) is 1.96. The van der Waals surface area contributed by atoms with Gasteiger partial charge in [0.15, 0.2) is 0 Å². The standard InChI is InChI=1S/C13H24N4OS/c1-10-11(14)12(17(2)16-10)13(18)15-8-6-4-5-7-9-19-3/h4-9,14H2,1-3H3,(H,15,18). The summed E-state index contributed by atoms with van der Waals surface area (Å²) in [4.78, 5) is 12.0. The van der Waals surface area contributed by atoms with Gasteiger partial charge in [-0.05, 0) is 31.8 Å². The number of nitrogens with zero attached hydrogens (tertiary/aromatic N) is 2. The van der Waals surface area contributed by atoms with E-state index in [1.54, 1.807) is 18.7 Å². The first-order valence-electron chi connectivity index (χ1n) is 6.64. The van der Waals surface area contributed by atoms with Gasteiger partial charge in [0.05, 0.1) is 11.4 Å². The minimum absolute atomic E-state index is 0.135. The molecule has 0 fully saturated rings. The van der Waals surface area contributed by atoms with E-state index in [-0.39, 0.29) is 5.91 Å². The molecule has 1 amide bonds. The number of amides is 1. The number of anilines is 1. The van der Waals surface area contributed by atoms with Crippen molar-refractivity contribution in [3.63, 3.8) is 0 Å². The molecular weight excluding hydrogens is 260 g/mol. The molecule has 0 radical (unpaired) electrons. The number of thioether (sulfide) groups is 1. The number of nitrogens with one attached hydrogen (secondary N) is 1. The average molecular weight is 284 g/mol. The highest BCUT2D eigenvalue weighted by atomic mass is 32.2. The molecule has 0 aliphatic carbocycles. The van der Waals surface area contributed by atoms with E-state index < -0.39 is 0 Å². The van der Waals surface area contributed by atoms with E-state index in [2.05, 4.69) is 16.7 Å². The molecule has 1 rings (SSSR count). The summed E-state index contributed by atoms with van der Waals surface area (Å²) < 4.78 is 1.54. The first kappa shape index (κ1) is 15.9. The normalized spacial score (nSPS) is 10.7. The van der Waals surface area contributed by atoms with Crippen molar-refractivity contribution in [3.05, 3.63) is 11.4 Å². The third-order valence-corrected chi connectivity index (χ3v) is 3.74. The molecule has 0 spiro atoms. The van der Waals surface area contributed by atoms with E-state index in [0.29, 0.717) is 23.6 Å². The largest absolute Gasteiger partial charge is 0.395 e. The molecule has 0 bridgehead atoms. The monoisotopic (exact) mass is 284 g/mol. The van der Waals surface area contributed by atoms with Crippen LogP contribution in [0.3, 0.4) is 0 Å². The highest BCUT2D eigenvalue weighted by Crippen LogP contribution is 2.14. The van der Waals surface area contributed by atoms with Gasteiger partial charge in [0, 0.05) is 13.6 Å². The first-order chi connectivity index (χ1) is 9.07. The van der Waals surface area contributed by atoms with Crippen molar-refractivity contribution in [2.24, 2.45) is 7.05 Å². The minimum Gasteiger partial charge on any atom is -0.395 e. The molecule has 19 heavy (non-hydrogen) atoms. The maximum absolute atomic E-state index is 12.0. The molecule has 1 aromatic rings. The second-order valence-corrected chi connectivity index (χ2v) is 5.62. The zero-order valence-electron chi connectivity index (χ0n) is 12.0. The van der Waals surface area contributed by atoms with E-state index in [9.17, 15) is 4.79 Å². The molecule has 1 aromatic heterocycles. The van der Waals surface area contributed by atoms with Crippen LogP contribution in [0, 0.1) is 6.92 Å². The molecule has 108 valence electrons. The van der Waals surface area contributed by atoms with Crippen LogP contribution in [0.25, 0.3) is 0 Å². The Morgan fingerprint density at radius 3 is 2.63 bits per heavy atom. The Kier molecular flexibility index (Phi) is 6.77. The number of nitrogen functional groups attached to an aromatic ring is 1. The van der Waals surface area contributed by atoms with E-state index >= 15 is 0 Å². The molecule has 0 aliphatic heterocycles. The van der Waals surface area contributed by atoms with Gasteiger partial charge in [-0.3, -0.25) is 9.48 Å². The fourth-order valence-electron chi connectivity index (χ4n) is 1.95. The maximum Gasteiger partial charge on any atom is 0.271 e. The van der Waals surface area contributed by atoms with Crippen molar-refractivity contribution in [3.8, 4) is 0 Å². The number of unbranched alkanes of at least 4 members (excludes halogenated alkanes) is 3. The first-order valence-corrected chi connectivity index (χ1v) is 8.03. The molecule has 1 heterocycles. The summed E-state index contributed by atoms with van der Waals surface area (Å²) in [5.41, 5.74) is 7.47. The fourth-order valence-corrected chi connectivity index (χ4v) is 2.45. The minimum atomic E-state index is -0.135. The van der Waals surface area contributed by atoms with E-state index in [1.165, 1.54) is 18.6 Å². The van der Waals surface area contributed by atoms with Crippen LogP contribution in [0.4, 0.5) is 5.69 Å². The molecule has 5 nitrogen and oxygen atoms in total. The zero-order chi connectivity index (χ0) is 14.3. The lowest BCUT2D eigenvalue weighted by Crippen LogP contribution is -2.27. The molecule has 3 N–H and O–H groups in total. The summed E-state index contributed by atoms with van der Waals surface area (Å²) >= 11 is 1.88. The summed E-state index contributed by atoms with van der Waals surface area (Å²) in [6.45, 7) is 2.50. The number of aryl methyl sites for hydroxylation is 2. The second kappa shape index (κ2) is 8.09. The van der Waals surface area contributed by atoms with Crippen LogP contribution in [-0.2, 0) is 7.05 Å². The van der Waals surface area contributed by atoms with E-state index in [0.717, 1.165) is 12.8 Å². The van der Waals surface area contributed by atoms with Crippen molar-refractivity contribution in [1.82, 2.24) is 15.1 Å². The maximum atomic E-state index is 12.0. The number of hydrogen-bond acceptors (Lipinski definition) is 4. The third kappa shape index (κ3) is 4.78. The van der Waals surface area contributed by atoms with Gasteiger partial charge in [0.25, 0.3) is 5.91 Å². The molecule has 0 aliphatic rings. The van der Waals surface area contributed by atoms with Crippen LogP contribution in [0.2, 0.25) is 0 Å². The van der Waals surface area contributed by atoms with Crippen LogP contribution in [-0.4, -0.2) is 34.2 Å². The van der Waals surface area contributed by atoms with Gasteiger partial charge in [-0.15, -0.1) is 0 Å². The number of nitrogens with two attached hydrogens (primary N) is 1. The van der Waals surface area contributed by atoms with Crippen molar-refractivity contribution < 1.29 is 4.79 Å². The van der Waals surface area contributed by atoms with Crippen LogP contribution >= 0.6 is 11.8 Å². The number of carbonyl (C=O) groups is 1. The van der Waals surface area contributed by atoms with Crippen molar-refractivity contribution in [2.45, 2.75) is 32.6 Å². The second-order valence-electron chi connectivity index (χ2n) is 4.63. The summed E-state index contributed by atoms with van der Waals surface area (Å²) in [5, 5.41) is 7.04. The Morgan fingerprint density at radius 1 is 1.37 bits per heavy atom. The van der Waals surface area contributed by atoms with Crippen LogP contribution in [0.5, 0.6) is 0 Å². The Hall–Kier alpha value is -1.17. The topological polar surface area (TPSA) is 72.9 Å². The Balaban J connectivity index is 2.28. The third-order valence-electron chi connectivity index (χ3n) is 3.04. The fraction of sp³-hybridized carbons (Fsp3) is 0.692. The smallest absolute Gasteiger partial charge is 0.271 e. The van der Waals surface area contributed by atoms with Gasteiger partial charge in [-0.25, -0.2) is 0 Å². The van der Waals surface area contributed by atoms with Crippen molar-refractivity contribution in [2.75, 3.05) is 24.3 Å². The number of hydrogen-bond donors (Lipinski definition) is 2. The quantitative estimate of drug-likeness (QED) is 0.716. The number of carbonyl (C=O) groups excluding carboxylic acids is 1. The lowest BCUT2D eigenvalue weighted by Gasteiger charge is -2.06. The molecule has 0 atom stereocenters. The van der Waals surface area contributed by atoms with Gasteiger partial charge in [0.1, 0.15) is 5.69 Å². The summed E-state index contributed by atoms with van der Waals surface area (Å²) in [6.07, 6.45) is 6.77. The lowest BCUT2D eigenvalue weighted by molar-refractivity contribution is 0.0944. The van der Waals surface area contributed by atoms with Gasteiger partial charge < -0.3 is 11.1 Å². The molecule has 6 heteroatoms. The average Bonchev–Trinajstić information content (AvgIpc) is 2.62.